The molecule has 0 saturated heterocycles. The van der Waals surface area contributed by atoms with E-state index < -0.39 is 0 Å². The zero-order valence-corrected chi connectivity index (χ0v) is 15.4. The van der Waals surface area contributed by atoms with Crippen LogP contribution in [0.4, 0.5) is 5.13 Å². The lowest BCUT2D eigenvalue weighted by atomic mass is 10.1. The van der Waals surface area contributed by atoms with Crippen molar-refractivity contribution in [2.24, 2.45) is 0 Å². The Balaban J connectivity index is 1.89. The maximum Gasteiger partial charge on any atom is 0.264 e. The van der Waals surface area contributed by atoms with E-state index in [1.54, 1.807) is 11.8 Å². The van der Waals surface area contributed by atoms with E-state index >= 15 is 0 Å². The molecule has 0 atom stereocenters. The molecule has 0 bridgehead atoms. The molecule has 0 saturated carbocycles. The highest BCUT2D eigenvalue weighted by molar-refractivity contribution is 8.01. The number of ether oxygens (including phenoxy) is 1. The van der Waals surface area contributed by atoms with Crippen LogP contribution in [0.1, 0.15) is 30.0 Å². The van der Waals surface area contributed by atoms with E-state index in [1.165, 1.54) is 11.3 Å². The number of carbonyl (C=O) groups excluding carboxylic acids is 1. The first-order chi connectivity index (χ1) is 11.0. The SMILES string of the molecule is CCCSc1nnc(NC(=O)COc2cc(C)cc(C)c2C)s1. The van der Waals surface area contributed by atoms with Crippen LogP contribution in [-0.4, -0.2) is 28.5 Å². The van der Waals surface area contributed by atoms with Gasteiger partial charge in [-0.05, 0) is 49.9 Å². The molecule has 7 heteroatoms. The number of nitrogens with zero attached hydrogens (tertiary/aromatic N) is 2. The van der Waals surface area contributed by atoms with Crippen LogP contribution in [0.15, 0.2) is 16.5 Å². The molecule has 5 nitrogen and oxygen atoms in total. The van der Waals surface area contributed by atoms with E-state index in [4.69, 9.17) is 4.74 Å². The second-order valence-electron chi connectivity index (χ2n) is 5.26. The molecule has 2 aromatic rings. The van der Waals surface area contributed by atoms with Crippen molar-refractivity contribution < 1.29 is 9.53 Å². The molecule has 0 spiro atoms. The minimum Gasteiger partial charge on any atom is -0.483 e. The van der Waals surface area contributed by atoms with Crippen molar-refractivity contribution in [2.75, 3.05) is 17.7 Å². The van der Waals surface area contributed by atoms with E-state index in [9.17, 15) is 4.79 Å². The van der Waals surface area contributed by atoms with Gasteiger partial charge in [-0.25, -0.2) is 0 Å². The van der Waals surface area contributed by atoms with E-state index in [0.29, 0.717) is 5.13 Å². The highest BCUT2D eigenvalue weighted by atomic mass is 32.2. The predicted octanol–water partition coefficient (Wildman–Crippen LogP) is 3.98. The van der Waals surface area contributed by atoms with Gasteiger partial charge in [-0.15, -0.1) is 10.2 Å². The summed E-state index contributed by atoms with van der Waals surface area (Å²) < 4.78 is 6.51. The third-order valence-corrected chi connectivity index (χ3v) is 5.38. The lowest BCUT2D eigenvalue weighted by molar-refractivity contribution is -0.118. The topological polar surface area (TPSA) is 64.1 Å². The molecule has 1 amide bonds. The molecule has 0 aliphatic heterocycles. The second-order valence-corrected chi connectivity index (χ2v) is 7.58. The van der Waals surface area contributed by atoms with Crippen molar-refractivity contribution in [1.29, 1.82) is 0 Å². The van der Waals surface area contributed by atoms with Crippen molar-refractivity contribution in [3.63, 3.8) is 0 Å². The van der Waals surface area contributed by atoms with Gasteiger partial charge in [0.2, 0.25) is 5.13 Å². The van der Waals surface area contributed by atoms with Crippen LogP contribution in [0.2, 0.25) is 0 Å². The molecule has 1 N–H and O–H groups in total. The molecule has 124 valence electrons. The summed E-state index contributed by atoms with van der Waals surface area (Å²) in [6, 6.07) is 4.04. The molecule has 1 aromatic carbocycles. The molecule has 23 heavy (non-hydrogen) atoms. The summed E-state index contributed by atoms with van der Waals surface area (Å²) in [4.78, 5) is 12.0. The average molecular weight is 351 g/mol. The predicted molar refractivity (Wildman–Crippen MR) is 95.7 cm³/mol. The van der Waals surface area contributed by atoms with Crippen LogP contribution in [0.5, 0.6) is 5.75 Å². The van der Waals surface area contributed by atoms with Crippen LogP contribution in [0, 0.1) is 20.8 Å². The Bertz CT molecular complexity index is 686. The number of nitrogens with one attached hydrogen (secondary N) is 1. The molecule has 2 rings (SSSR count). The summed E-state index contributed by atoms with van der Waals surface area (Å²) in [6.45, 7) is 8.11. The monoisotopic (exact) mass is 351 g/mol. The van der Waals surface area contributed by atoms with Gasteiger partial charge in [0.25, 0.3) is 5.91 Å². The van der Waals surface area contributed by atoms with Crippen LogP contribution >= 0.6 is 23.1 Å². The fourth-order valence-electron chi connectivity index (χ4n) is 1.96. The lowest BCUT2D eigenvalue weighted by Gasteiger charge is -2.11. The maximum absolute atomic E-state index is 12.0. The fraction of sp³-hybridized carbons (Fsp3) is 0.438. The quantitative estimate of drug-likeness (QED) is 0.604. The maximum atomic E-state index is 12.0. The molecule has 0 aliphatic carbocycles. The summed E-state index contributed by atoms with van der Waals surface area (Å²) in [7, 11) is 0. The first-order valence-electron chi connectivity index (χ1n) is 7.46. The number of anilines is 1. The Morgan fingerprint density at radius 3 is 2.83 bits per heavy atom. The first-order valence-corrected chi connectivity index (χ1v) is 9.26. The Morgan fingerprint density at radius 2 is 2.09 bits per heavy atom. The van der Waals surface area contributed by atoms with Gasteiger partial charge in [0.15, 0.2) is 10.9 Å². The minimum atomic E-state index is -0.230. The first kappa shape index (κ1) is 17.7. The van der Waals surface area contributed by atoms with Crippen molar-refractivity contribution in [2.45, 2.75) is 38.5 Å². The highest BCUT2D eigenvalue weighted by Crippen LogP contribution is 2.26. The summed E-state index contributed by atoms with van der Waals surface area (Å²) >= 11 is 3.03. The van der Waals surface area contributed by atoms with E-state index in [-0.39, 0.29) is 12.5 Å². The molecule has 1 heterocycles. The van der Waals surface area contributed by atoms with Gasteiger partial charge < -0.3 is 4.74 Å². The summed E-state index contributed by atoms with van der Waals surface area (Å²) in [5, 5.41) is 11.2. The zero-order valence-electron chi connectivity index (χ0n) is 13.8. The minimum absolute atomic E-state index is 0.0409. The number of carbonyl (C=O) groups is 1. The van der Waals surface area contributed by atoms with Crippen LogP contribution in [-0.2, 0) is 4.79 Å². The molecule has 0 radical (unpaired) electrons. The zero-order chi connectivity index (χ0) is 16.8. The van der Waals surface area contributed by atoms with Gasteiger partial charge in [-0.2, -0.15) is 0 Å². The molecule has 0 fully saturated rings. The standard InChI is InChI=1S/C16H21N3O2S2/c1-5-6-22-16-19-18-15(23-16)17-14(20)9-21-13-8-10(2)7-11(3)12(13)4/h7-8H,5-6,9H2,1-4H3,(H,17,18,20). The summed E-state index contributed by atoms with van der Waals surface area (Å²) in [6.07, 6.45) is 1.08. The van der Waals surface area contributed by atoms with Crippen LogP contribution < -0.4 is 10.1 Å². The number of thioether (sulfide) groups is 1. The molecular weight excluding hydrogens is 330 g/mol. The Morgan fingerprint density at radius 1 is 1.30 bits per heavy atom. The van der Waals surface area contributed by atoms with Gasteiger partial charge in [0.1, 0.15) is 5.75 Å². The van der Waals surface area contributed by atoms with Gasteiger partial charge in [-0.3, -0.25) is 10.1 Å². The Labute approximate surface area is 144 Å². The summed E-state index contributed by atoms with van der Waals surface area (Å²) in [5.74, 6) is 1.51. The van der Waals surface area contributed by atoms with Crippen LogP contribution in [0.3, 0.4) is 0 Å². The van der Waals surface area contributed by atoms with Gasteiger partial charge >= 0.3 is 0 Å². The fourth-order valence-corrected chi connectivity index (χ4v) is 3.65. The smallest absolute Gasteiger partial charge is 0.264 e. The number of rotatable bonds is 7. The number of aryl methyl sites for hydroxylation is 2. The number of hydrogen-bond acceptors (Lipinski definition) is 6. The van der Waals surface area contributed by atoms with Gasteiger partial charge in [0, 0.05) is 5.75 Å². The Kier molecular flexibility index (Phi) is 6.41. The van der Waals surface area contributed by atoms with Crippen LogP contribution in [0.25, 0.3) is 0 Å². The van der Waals surface area contributed by atoms with E-state index in [2.05, 4.69) is 28.5 Å². The highest BCUT2D eigenvalue weighted by Gasteiger charge is 2.11. The van der Waals surface area contributed by atoms with Gasteiger partial charge in [-0.1, -0.05) is 36.1 Å². The normalized spacial score (nSPS) is 10.6. The van der Waals surface area contributed by atoms with Crippen molar-refractivity contribution >= 4 is 34.1 Å². The average Bonchev–Trinajstić information content (AvgIpc) is 2.94. The largest absolute Gasteiger partial charge is 0.483 e. The van der Waals surface area contributed by atoms with E-state index in [0.717, 1.165) is 39.0 Å². The van der Waals surface area contributed by atoms with E-state index in [1.807, 2.05) is 26.8 Å². The molecule has 1 aromatic heterocycles. The molecule has 0 aliphatic rings. The number of hydrogen-bond donors (Lipinski definition) is 1. The van der Waals surface area contributed by atoms with Gasteiger partial charge in [0.05, 0.1) is 0 Å². The van der Waals surface area contributed by atoms with Crippen molar-refractivity contribution in [1.82, 2.24) is 10.2 Å². The number of benzene rings is 1. The molecule has 0 unspecified atom stereocenters. The van der Waals surface area contributed by atoms with Crippen molar-refractivity contribution in [3.8, 4) is 5.75 Å². The third kappa shape index (κ3) is 5.21. The molecular formula is C16H21N3O2S2. The lowest BCUT2D eigenvalue weighted by Crippen LogP contribution is -2.20. The summed E-state index contributed by atoms with van der Waals surface area (Å²) in [5.41, 5.74) is 3.32. The number of aromatic nitrogens is 2. The third-order valence-electron chi connectivity index (χ3n) is 3.21. The number of amides is 1. The van der Waals surface area contributed by atoms with Crippen molar-refractivity contribution in [3.05, 3.63) is 28.8 Å². The Hall–Kier alpha value is -1.60. The second kappa shape index (κ2) is 8.31.